The van der Waals surface area contributed by atoms with Gasteiger partial charge in [-0.15, -0.1) is 0 Å². The van der Waals surface area contributed by atoms with Crippen molar-refractivity contribution in [3.8, 4) is 0 Å². The predicted molar refractivity (Wildman–Crippen MR) is 55.8 cm³/mol. The summed E-state index contributed by atoms with van der Waals surface area (Å²) in [7, 11) is 0. The van der Waals surface area contributed by atoms with Gasteiger partial charge in [0.15, 0.2) is 5.78 Å². The maximum atomic E-state index is 13.2. The van der Waals surface area contributed by atoms with E-state index in [9.17, 15) is 18.7 Å². The van der Waals surface area contributed by atoms with E-state index < -0.39 is 23.3 Å². The Morgan fingerprint density at radius 2 is 1.94 bits per heavy atom. The van der Waals surface area contributed by atoms with Gasteiger partial charge in [0.25, 0.3) is 0 Å². The Hall–Kier alpha value is -1.55. The molecule has 1 rings (SSSR count). The van der Waals surface area contributed by atoms with E-state index in [-0.39, 0.29) is 17.8 Å². The zero-order valence-electron chi connectivity index (χ0n) is 8.84. The van der Waals surface area contributed by atoms with Gasteiger partial charge < -0.3 is 5.11 Å². The highest BCUT2D eigenvalue weighted by Gasteiger charge is 2.19. The molecule has 1 aromatic carbocycles. The highest BCUT2D eigenvalue weighted by atomic mass is 19.1. The molecule has 4 heteroatoms. The number of hydrogen-bond donors (Lipinski definition) is 1. The summed E-state index contributed by atoms with van der Waals surface area (Å²) in [6, 6.07) is 3.32. The summed E-state index contributed by atoms with van der Waals surface area (Å²) in [6.07, 6.45) is -1.56. The maximum absolute atomic E-state index is 13.2. The zero-order valence-corrected chi connectivity index (χ0v) is 8.84. The van der Waals surface area contributed by atoms with Crippen LogP contribution in [0, 0.1) is 11.6 Å². The predicted octanol–water partition coefficient (Wildman–Crippen LogP) is 2.53. The Morgan fingerprint density at radius 1 is 1.44 bits per heavy atom. The number of rotatable bonds is 4. The lowest BCUT2D eigenvalue weighted by atomic mass is 9.99. The number of carbonyl (C=O) groups is 1. The van der Waals surface area contributed by atoms with Gasteiger partial charge in [0.2, 0.25) is 0 Å². The Morgan fingerprint density at radius 3 is 2.38 bits per heavy atom. The minimum Gasteiger partial charge on any atom is -0.388 e. The fourth-order valence-corrected chi connectivity index (χ4v) is 1.31. The van der Waals surface area contributed by atoms with Gasteiger partial charge in [-0.2, -0.15) is 0 Å². The molecule has 0 aliphatic heterocycles. The normalized spacial score (nSPS) is 12.2. The Bertz CT molecular complexity index is 407. The van der Waals surface area contributed by atoms with Crippen LogP contribution in [-0.4, -0.2) is 10.9 Å². The van der Waals surface area contributed by atoms with E-state index in [0.717, 1.165) is 12.1 Å². The summed E-state index contributed by atoms with van der Waals surface area (Å²) in [5.74, 6) is -1.97. The number of ketones is 1. The highest BCUT2D eigenvalue weighted by molar-refractivity contribution is 5.92. The molecule has 1 unspecified atom stereocenters. The summed E-state index contributed by atoms with van der Waals surface area (Å²) in [6.45, 7) is 4.71. The smallest absolute Gasteiger partial charge is 0.155 e. The van der Waals surface area contributed by atoms with E-state index in [1.54, 1.807) is 0 Å². The first-order chi connectivity index (χ1) is 7.43. The maximum Gasteiger partial charge on any atom is 0.155 e. The van der Waals surface area contributed by atoms with Crippen molar-refractivity contribution in [3.63, 3.8) is 0 Å². The second kappa shape index (κ2) is 4.99. The van der Waals surface area contributed by atoms with Crippen LogP contribution >= 0.6 is 0 Å². The molecule has 86 valence electrons. The first kappa shape index (κ1) is 12.5. The molecule has 0 saturated heterocycles. The molecule has 0 spiro atoms. The SMILES string of the molecule is C=C(CC(O)c1c(F)cccc1F)C(C)=O. The van der Waals surface area contributed by atoms with Gasteiger partial charge in [-0.05, 0) is 24.6 Å². The molecule has 0 aromatic heterocycles. The average molecular weight is 226 g/mol. The highest BCUT2D eigenvalue weighted by Crippen LogP contribution is 2.25. The molecule has 0 fully saturated rings. The lowest BCUT2D eigenvalue weighted by molar-refractivity contribution is -0.114. The van der Waals surface area contributed by atoms with Crippen LogP contribution in [-0.2, 0) is 4.79 Å². The van der Waals surface area contributed by atoms with Crippen LogP contribution < -0.4 is 0 Å². The van der Waals surface area contributed by atoms with Crippen molar-refractivity contribution < 1.29 is 18.7 Å². The van der Waals surface area contributed by atoms with Crippen LogP contribution in [0.5, 0.6) is 0 Å². The van der Waals surface area contributed by atoms with Gasteiger partial charge >= 0.3 is 0 Å². The molecule has 0 bridgehead atoms. The summed E-state index contributed by atoms with van der Waals surface area (Å²) in [4.78, 5) is 10.9. The van der Waals surface area contributed by atoms with Gasteiger partial charge in [-0.25, -0.2) is 8.78 Å². The topological polar surface area (TPSA) is 37.3 Å². The van der Waals surface area contributed by atoms with E-state index in [4.69, 9.17) is 0 Å². The molecular formula is C12H12F2O2. The number of halogens is 2. The molecule has 0 heterocycles. The standard InChI is InChI=1S/C12H12F2O2/c1-7(8(2)15)6-11(16)12-9(13)4-3-5-10(12)14/h3-5,11,16H,1,6H2,2H3. The van der Waals surface area contributed by atoms with Gasteiger partial charge in [-0.3, -0.25) is 4.79 Å². The zero-order chi connectivity index (χ0) is 12.3. The van der Waals surface area contributed by atoms with Crippen molar-refractivity contribution in [2.75, 3.05) is 0 Å². The minimum atomic E-state index is -1.39. The van der Waals surface area contributed by atoms with E-state index >= 15 is 0 Å². The number of Topliss-reactive ketones (excluding diaryl/α,β-unsaturated/α-hetero) is 1. The van der Waals surface area contributed by atoms with E-state index in [2.05, 4.69) is 6.58 Å². The fraction of sp³-hybridized carbons (Fsp3) is 0.250. The Labute approximate surface area is 92.2 Å². The van der Waals surface area contributed by atoms with Gasteiger partial charge in [-0.1, -0.05) is 12.6 Å². The van der Waals surface area contributed by atoms with Crippen LogP contribution in [0.2, 0.25) is 0 Å². The molecule has 1 atom stereocenters. The fourth-order valence-electron chi connectivity index (χ4n) is 1.31. The van der Waals surface area contributed by atoms with Gasteiger partial charge in [0.05, 0.1) is 11.7 Å². The van der Waals surface area contributed by atoms with E-state index in [1.807, 2.05) is 0 Å². The van der Waals surface area contributed by atoms with E-state index in [1.165, 1.54) is 13.0 Å². The van der Waals surface area contributed by atoms with Crippen LogP contribution in [0.3, 0.4) is 0 Å². The number of benzene rings is 1. The van der Waals surface area contributed by atoms with E-state index in [0.29, 0.717) is 0 Å². The summed E-state index contributed by atoms with van der Waals surface area (Å²) in [5, 5.41) is 9.61. The second-order valence-electron chi connectivity index (χ2n) is 3.51. The molecule has 0 aliphatic rings. The molecule has 0 aliphatic carbocycles. The largest absolute Gasteiger partial charge is 0.388 e. The molecule has 0 radical (unpaired) electrons. The quantitative estimate of drug-likeness (QED) is 0.801. The van der Waals surface area contributed by atoms with Crippen molar-refractivity contribution in [3.05, 3.63) is 47.5 Å². The second-order valence-corrected chi connectivity index (χ2v) is 3.51. The van der Waals surface area contributed by atoms with Crippen LogP contribution in [0.1, 0.15) is 25.0 Å². The average Bonchev–Trinajstić information content (AvgIpc) is 2.16. The third-order valence-corrected chi connectivity index (χ3v) is 2.27. The van der Waals surface area contributed by atoms with Crippen molar-refractivity contribution >= 4 is 5.78 Å². The summed E-state index contributed by atoms with van der Waals surface area (Å²) >= 11 is 0. The first-order valence-electron chi connectivity index (χ1n) is 4.74. The van der Waals surface area contributed by atoms with Crippen LogP contribution in [0.25, 0.3) is 0 Å². The van der Waals surface area contributed by atoms with Crippen LogP contribution in [0.15, 0.2) is 30.4 Å². The number of aliphatic hydroxyl groups excluding tert-OH is 1. The summed E-state index contributed by atoms with van der Waals surface area (Å²) < 4.78 is 26.5. The number of hydrogen-bond acceptors (Lipinski definition) is 2. The first-order valence-corrected chi connectivity index (χ1v) is 4.74. The molecule has 0 amide bonds. The lowest BCUT2D eigenvalue weighted by Crippen LogP contribution is -2.07. The molecular weight excluding hydrogens is 214 g/mol. The van der Waals surface area contributed by atoms with Crippen LogP contribution in [0.4, 0.5) is 8.78 Å². The van der Waals surface area contributed by atoms with Crippen molar-refractivity contribution in [2.24, 2.45) is 0 Å². The monoisotopic (exact) mass is 226 g/mol. The van der Waals surface area contributed by atoms with Gasteiger partial charge in [0.1, 0.15) is 11.6 Å². The molecule has 1 aromatic rings. The molecule has 16 heavy (non-hydrogen) atoms. The third-order valence-electron chi connectivity index (χ3n) is 2.27. The van der Waals surface area contributed by atoms with Crippen molar-refractivity contribution in [1.29, 1.82) is 0 Å². The molecule has 1 N–H and O–H groups in total. The Balaban J connectivity index is 2.93. The van der Waals surface area contributed by atoms with Gasteiger partial charge in [0, 0.05) is 6.42 Å². The van der Waals surface area contributed by atoms with Crippen molar-refractivity contribution in [2.45, 2.75) is 19.4 Å². The molecule has 0 saturated carbocycles. The Kier molecular flexibility index (Phi) is 3.90. The number of aliphatic hydroxyl groups is 1. The minimum absolute atomic E-state index is 0.134. The molecule has 2 nitrogen and oxygen atoms in total. The number of carbonyl (C=O) groups excluding carboxylic acids is 1. The third kappa shape index (κ3) is 2.73. The lowest BCUT2D eigenvalue weighted by Gasteiger charge is -2.13. The van der Waals surface area contributed by atoms with Crippen molar-refractivity contribution in [1.82, 2.24) is 0 Å². The summed E-state index contributed by atoms with van der Waals surface area (Å²) in [5.41, 5.74) is -0.292.